The summed E-state index contributed by atoms with van der Waals surface area (Å²) in [5.74, 6) is 4.58. The highest BCUT2D eigenvalue weighted by atomic mass is 35.5. The molecule has 42 heavy (non-hydrogen) atoms. The van der Waals surface area contributed by atoms with Gasteiger partial charge in [-0.15, -0.1) is 0 Å². The Labute approximate surface area is 241 Å². The van der Waals surface area contributed by atoms with E-state index in [1.807, 2.05) is 5.43 Å². The van der Waals surface area contributed by atoms with E-state index in [-0.39, 0.29) is 47.0 Å². The number of ether oxygens (including phenoxy) is 1. The maximum absolute atomic E-state index is 13.7. The normalized spacial score (nSPS) is 15.8. The van der Waals surface area contributed by atoms with E-state index in [4.69, 9.17) is 22.2 Å². The van der Waals surface area contributed by atoms with Crippen molar-refractivity contribution in [3.8, 4) is 5.75 Å². The number of rotatable bonds is 7. The molecule has 0 radical (unpaired) electrons. The van der Waals surface area contributed by atoms with Crippen molar-refractivity contribution in [3.63, 3.8) is 0 Å². The number of hydrazine groups is 1. The molecule has 0 unspecified atom stereocenters. The molecular weight excluding hydrogens is 612 g/mol. The molecule has 0 aromatic heterocycles. The maximum atomic E-state index is 13.7. The van der Waals surface area contributed by atoms with Gasteiger partial charge in [0.05, 0.1) is 28.3 Å². The molecule has 3 aromatic carbocycles. The standard InChI is InChI=1S/C27H22ClF6N3O4S/c28-22-6-2-5-21(27(32,33)34)20(22)10-7-16-8-11-24-23(13-16)37(15-18(41-24)9-12-25(38)36-35)42(39,40)19-4-1-3-17(14-19)26(29,30)31/h1-8,10-11,13-14,18H,9,12,15,35H2,(H,36,38)/t18-/m0/s1. The van der Waals surface area contributed by atoms with Gasteiger partial charge < -0.3 is 4.74 Å². The Morgan fingerprint density at radius 3 is 2.40 bits per heavy atom. The number of carbonyl (C=O) groups excluding carboxylic acids is 1. The minimum absolute atomic E-state index is 0.0193. The monoisotopic (exact) mass is 633 g/mol. The highest BCUT2D eigenvalue weighted by Gasteiger charge is 2.37. The van der Waals surface area contributed by atoms with Crippen LogP contribution in [0.25, 0.3) is 12.2 Å². The lowest BCUT2D eigenvalue weighted by molar-refractivity contribution is -0.138. The van der Waals surface area contributed by atoms with Gasteiger partial charge >= 0.3 is 12.4 Å². The molecule has 3 N–H and O–H groups in total. The lowest BCUT2D eigenvalue weighted by atomic mass is 10.0. The van der Waals surface area contributed by atoms with Gasteiger partial charge in [-0.3, -0.25) is 14.5 Å². The number of benzene rings is 3. The van der Waals surface area contributed by atoms with E-state index < -0.39 is 50.4 Å². The van der Waals surface area contributed by atoms with Gasteiger partial charge in [-0.05, 0) is 54.4 Å². The Bertz CT molecular complexity index is 1630. The molecular formula is C27H22ClF6N3O4S. The number of hydrogen-bond acceptors (Lipinski definition) is 5. The number of nitrogens with one attached hydrogen (secondary N) is 1. The second kappa shape index (κ2) is 11.9. The zero-order valence-corrected chi connectivity index (χ0v) is 22.9. The number of amides is 1. The summed E-state index contributed by atoms with van der Waals surface area (Å²) in [5.41, 5.74) is -0.346. The van der Waals surface area contributed by atoms with Crippen LogP contribution >= 0.6 is 11.6 Å². The fraction of sp³-hybridized carbons (Fsp3) is 0.222. The van der Waals surface area contributed by atoms with Crippen LogP contribution in [0.2, 0.25) is 5.02 Å². The summed E-state index contributed by atoms with van der Waals surface area (Å²) in [5, 5.41) is -0.166. The molecule has 224 valence electrons. The first-order chi connectivity index (χ1) is 19.6. The minimum atomic E-state index is -4.81. The molecule has 0 aliphatic carbocycles. The molecule has 15 heteroatoms. The topological polar surface area (TPSA) is 102 Å². The molecule has 0 bridgehead atoms. The third-order valence-electron chi connectivity index (χ3n) is 6.32. The molecule has 0 fully saturated rings. The summed E-state index contributed by atoms with van der Waals surface area (Å²) in [6.45, 7) is -0.376. The Morgan fingerprint density at radius 1 is 1.02 bits per heavy atom. The molecule has 7 nitrogen and oxygen atoms in total. The SMILES string of the molecule is NNC(=O)CC[C@H]1CN(S(=O)(=O)c2cccc(C(F)(F)F)c2)c2cc(C=Cc3c(Cl)cccc3C(F)(F)F)ccc2O1. The average Bonchev–Trinajstić information content (AvgIpc) is 2.93. The van der Waals surface area contributed by atoms with Crippen molar-refractivity contribution in [2.75, 3.05) is 10.8 Å². The number of fused-ring (bicyclic) bond motifs is 1. The zero-order valence-electron chi connectivity index (χ0n) is 21.3. The Balaban J connectivity index is 1.77. The van der Waals surface area contributed by atoms with Crippen molar-refractivity contribution < 1.29 is 44.3 Å². The van der Waals surface area contributed by atoms with Crippen LogP contribution in [0.15, 0.2) is 65.6 Å². The number of alkyl halides is 6. The second-order valence-electron chi connectivity index (χ2n) is 9.17. The van der Waals surface area contributed by atoms with E-state index in [0.29, 0.717) is 6.07 Å². The second-order valence-corrected chi connectivity index (χ2v) is 11.4. The predicted octanol–water partition coefficient (Wildman–Crippen LogP) is 6.27. The number of carbonyl (C=O) groups is 1. The number of halogens is 7. The third kappa shape index (κ3) is 6.82. The highest BCUT2D eigenvalue weighted by molar-refractivity contribution is 7.92. The zero-order chi connectivity index (χ0) is 30.9. The van der Waals surface area contributed by atoms with Crippen molar-refractivity contribution in [1.29, 1.82) is 0 Å². The van der Waals surface area contributed by atoms with Crippen molar-refractivity contribution in [2.24, 2.45) is 5.84 Å². The summed E-state index contributed by atoms with van der Waals surface area (Å²) in [7, 11) is -4.62. The number of sulfonamides is 1. The van der Waals surface area contributed by atoms with Gasteiger partial charge in [-0.2, -0.15) is 26.3 Å². The van der Waals surface area contributed by atoms with Gasteiger partial charge in [0.15, 0.2) is 0 Å². The summed E-state index contributed by atoms with van der Waals surface area (Å²) in [6.07, 6.45) is -8.09. The van der Waals surface area contributed by atoms with Gasteiger partial charge in [-0.25, -0.2) is 14.3 Å². The number of nitrogens with two attached hydrogens (primary N) is 1. The van der Waals surface area contributed by atoms with Crippen molar-refractivity contribution in [2.45, 2.75) is 36.2 Å². The smallest absolute Gasteiger partial charge is 0.417 e. The van der Waals surface area contributed by atoms with Crippen molar-refractivity contribution in [3.05, 3.63) is 87.9 Å². The molecule has 0 saturated carbocycles. The fourth-order valence-electron chi connectivity index (χ4n) is 4.27. The van der Waals surface area contributed by atoms with Gasteiger partial charge in [0.25, 0.3) is 10.0 Å². The van der Waals surface area contributed by atoms with E-state index in [1.165, 1.54) is 30.3 Å². The lowest BCUT2D eigenvalue weighted by Gasteiger charge is -2.35. The molecule has 1 aliphatic rings. The molecule has 1 aliphatic heterocycles. The highest BCUT2D eigenvalue weighted by Crippen LogP contribution is 2.41. The molecule has 1 heterocycles. The van der Waals surface area contributed by atoms with Gasteiger partial charge in [-0.1, -0.05) is 42.0 Å². The first-order valence-electron chi connectivity index (χ1n) is 12.1. The van der Waals surface area contributed by atoms with Crippen molar-refractivity contribution >= 4 is 45.4 Å². The van der Waals surface area contributed by atoms with E-state index in [1.54, 1.807) is 0 Å². The van der Waals surface area contributed by atoms with Crippen LogP contribution in [0.3, 0.4) is 0 Å². The van der Waals surface area contributed by atoms with Crippen LogP contribution in [0.4, 0.5) is 32.0 Å². The predicted molar refractivity (Wildman–Crippen MR) is 144 cm³/mol. The minimum Gasteiger partial charge on any atom is -0.486 e. The van der Waals surface area contributed by atoms with Gasteiger partial charge in [0.1, 0.15) is 11.9 Å². The molecule has 3 aromatic rings. The number of hydrogen-bond donors (Lipinski definition) is 2. The molecule has 0 saturated heterocycles. The summed E-state index contributed by atoms with van der Waals surface area (Å²) in [4.78, 5) is 11.0. The fourth-order valence-corrected chi connectivity index (χ4v) is 6.05. The summed E-state index contributed by atoms with van der Waals surface area (Å²) >= 11 is 6.02. The summed E-state index contributed by atoms with van der Waals surface area (Å²) in [6, 6.07) is 10.6. The molecule has 1 atom stereocenters. The van der Waals surface area contributed by atoms with E-state index in [2.05, 4.69) is 0 Å². The van der Waals surface area contributed by atoms with E-state index >= 15 is 0 Å². The quantitative estimate of drug-likeness (QED) is 0.105. The van der Waals surface area contributed by atoms with Gasteiger partial charge in [0.2, 0.25) is 5.91 Å². The molecule has 0 spiro atoms. The van der Waals surface area contributed by atoms with Crippen LogP contribution in [-0.4, -0.2) is 27.0 Å². The van der Waals surface area contributed by atoms with Crippen LogP contribution in [0.5, 0.6) is 5.75 Å². The Kier molecular flexibility index (Phi) is 8.81. The average molecular weight is 634 g/mol. The Hall–Kier alpha value is -3.75. The third-order valence-corrected chi connectivity index (χ3v) is 8.42. The van der Waals surface area contributed by atoms with Crippen LogP contribution < -0.4 is 20.3 Å². The van der Waals surface area contributed by atoms with E-state index in [0.717, 1.165) is 40.7 Å². The molecule has 4 rings (SSSR count). The first kappa shape index (κ1) is 31.2. The van der Waals surface area contributed by atoms with Crippen LogP contribution in [0, 0.1) is 0 Å². The summed E-state index contributed by atoms with van der Waals surface area (Å²) < 4.78 is 115. The Morgan fingerprint density at radius 2 is 1.74 bits per heavy atom. The van der Waals surface area contributed by atoms with Crippen LogP contribution in [-0.2, 0) is 27.2 Å². The van der Waals surface area contributed by atoms with E-state index in [9.17, 15) is 39.6 Å². The molecule has 1 amide bonds. The first-order valence-corrected chi connectivity index (χ1v) is 14.0. The van der Waals surface area contributed by atoms with Gasteiger partial charge in [0, 0.05) is 17.0 Å². The number of anilines is 1. The number of nitrogens with zero attached hydrogens (tertiary/aromatic N) is 1. The maximum Gasteiger partial charge on any atom is 0.417 e. The lowest BCUT2D eigenvalue weighted by Crippen LogP contribution is -2.44. The van der Waals surface area contributed by atoms with Crippen molar-refractivity contribution in [1.82, 2.24) is 5.43 Å². The van der Waals surface area contributed by atoms with Crippen LogP contribution in [0.1, 0.15) is 35.1 Å². The largest absolute Gasteiger partial charge is 0.486 e.